The van der Waals surface area contributed by atoms with Gasteiger partial charge in [-0.3, -0.25) is 4.79 Å². The molecule has 0 fully saturated rings. The van der Waals surface area contributed by atoms with Gasteiger partial charge in [-0.25, -0.2) is 0 Å². The van der Waals surface area contributed by atoms with Crippen molar-refractivity contribution in [1.82, 2.24) is 0 Å². The first-order valence-corrected chi connectivity index (χ1v) is 5.63. The highest BCUT2D eigenvalue weighted by molar-refractivity contribution is 6.64. The molecule has 1 rings (SSSR count). The number of alkyl halides is 3. The Morgan fingerprint density at radius 1 is 1.22 bits per heavy atom. The highest BCUT2D eigenvalue weighted by Gasteiger charge is 2.31. The highest BCUT2D eigenvalue weighted by Crippen LogP contribution is 2.29. The number of carbonyl (C=O) groups is 1. The molecule has 18 heavy (non-hydrogen) atoms. The fraction of sp³-hybridized carbons (Fsp3) is 0.417. The number of carbonyl (C=O) groups excluding carboxylic acids is 1. The lowest BCUT2D eigenvalue weighted by atomic mass is 9.89. The van der Waals surface area contributed by atoms with E-state index in [4.69, 9.17) is 11.6 Å². The molecule has 0 aliphatic heterocycles. The lowest BCUT2D eigenvalue weighted by Crippen LogP contribution is -2.17. The summed E-state index contributed by atoms with van der Waals surface area (Å²) in [5.74, 6) is -0.897. The van der Waals surface area contributed by atoms with Crippen LogP contribution in [0, 0.1) is 5.92 Å². The smallest absolute Gasteiger partial charge is 0.406 e. The van der Waals surface area contributed by atoms with Crippen molar-refractivity contribution in [2.24, 2.45) is 5.92 Å². The molecule has 0 radical (unpaired) electrons. The zero-order valence-electron chi connectivity index (χ0n) is 9.79. The monoisotopic (exact) mass is 280 g/mol. The summed E-state index contributed by atoms with van der Waals surface area (Å²) in [6, 6.07) is 5.15. The predicted molar refractivity (Wildman–Crippen MR) is 61.6 cm³/mol. The molecule has 0 aliphatic rings. The zero-order chi connectivity index (χ0) is 13.9. The Balaban J connectivity index is 2.91. The van der Waals surface area contributed by atoms with Gasteiger partial charge in [0.2, 0.25) is 5.24 Å². The van der Waals surface area contributed by atoms with Crippen molar-refractivity contribution in [3.05, 3.63) is 29.8 Å². The van der Waals surface area contributed by atoms with Crippen molar-refractivity contribution in [3.8, 4) is 5.75 Å². The van der Waals surface area contributed by atoms with Crippen LogP contribution in [0.3, 0.4) is 0 Å². The molecule has 0 bridgehead atoms. The van der Waals surface area contributed by atoms with Crippen LogP contribution in [0.5, 0.6) is 5.75 Å². The molecule has 0 aromatic heterocycles. The van der Waals surface area contributed by atoms with E-state index >= 15 is 0 Å². The van der Waals surface area contributed by atoms with Crippen LogP contribution in [0.15, 0.2) is 24.3 Å². The summed E-state index contributed by atoms with van der Waals surface area (Å²) in [6.07, 6.45) is -4.72. The minimum Gasteiger partial charge on any atom is -0.406 e. The Labute approximate surface area is 108 Å². The Hall–Kier alpha value is -1.23. The first-order valence-electron chi connectivity index (χ1n) is 5.26. The molecule has 1 aromatic rings. The van der Waals surface area contributed by atoms with Gasteiger partial charge in [-0.2, -0.15) is 0 Å². The molecule has 1 atom stereocenters. The van der Waals surface area contributed by atoms with E-state index in [2.05, 4.69) is 4.74 Å². The second-order valence-corrected chi connectivity index (χ2v) is 4.52. The normalized spacial score (nSPS) is 13.5. The van der Waals surface area contributed by atoms with Gasteiger partial charge in [0.15, 0.2) is 0 Å². The van der Waals surface area contributed by atoms with Crippen LogP contribution >= 0.6 is 11.6 Å². The van der Waals surface area contributed by atoms with E-state index in [9.17, 15) is 18.0 Å². The van der Waals surface area contributed by atoms with Gasteiger partial charge in [0.25, 0.3) is 0 Å². The van der Waals surface area contributed by atoms with Gasteiger partial charge in [-0.1, -0.05) is 26.0 Å². The average molecular weight is 281 g/mol. The second kappa shape index (κ2) is 5.61. The van der Waals surface area contributed by atoms with E-state index in [1.54, 1.807) is 0 Å². The Kier molecular flexibility index (Phi) is 4.62. The van der Waals surface area contributed by atoms with Gasteiger partial charge in [0.1, 0.15) is 5.75 Å². The minimum absolute atomic E-state index is 0.0376. The SMILES string of the molecule is CC(C)C(C(=O)Cl)c1ccc(OC(F)(F)F)cc1. The van der Waals surface area contributed by atoms with Crippen LogP contribution < -0.4 is 4.74 Å². The summed E-state index contributed by atoms with van der Waals surface area (Å²) < 4.78 is 39.6. The standard InChI is InChI=1S/C12H12ClF3O2/c1-7(2)10(11(13)17)8-3-5-9(6-4-8)18-12(14,15)16/h3-7,10H,1-2H3. The van der Waals surface area contributed by atoms with Crippen molar-refractivity contribution >= 4 is 16.8 Å². The van der Waals surface area contributed by atoms with Crippen LogP contribution in [0.1, 0.15) is 25.3 Å². The number of hydrogen-bond acceptors (Lipinski definition) is 2. The number of ether oxygens (including phenoxy) is 1. The maximum absolute atomic E-state index is 12.0. The number of benzene rings is 1. The Bertz CT molecular complexity index is 412. The maximum atomic E-state index is 12.0. The predicted octanol–water partition coefficient (Wildman–Crippen LogP) is 4.09. The first kappa shape index (κ1) is 14.8. The molecule has 0 saturated carbocycles. The molecular weight excluding hydrogens is 269 g/mol. The van der Waals surface area contributed by atoms with E-state index in [0.717, 1.165) is 12.1 Å². The van der Waals surface area contributed by atoms with Gasteiger partial charge < -0.3 is 4.74 Å². The fourth-order valence-corrected chi connectivity index (χ4v) is 2.03. The van der Waals surface area contributed by atoms with Crippen LogP contribution in [0.4, 0.5) is 13.2 Å². The zero-order valence-corrected chi connectivity index (χ0v) is 10.5. The van der Waals surface area contributed by atoms with Crippen molar-refractivity contribution in [3.63, 3.8) is 0 Å². The maximum Gasteiger partial charge on any atom is 0.573 e. The molecule has 0 heterocycles. The number of hydrogen-bond donors (Lipinski definition) is 0. The Morgan fingerprint density at radius 2 is 1.72 bits per heavy atom. The summed E-state index contributed by atoms with van der Waals surface area (Å²) in [5, 5.41) is -0.533. The molecule has 100 valence electrons. The van der Waals surface area contributed by atoms with Gasteiger partial charge >= 0.3 is 6.36 Å². The molecule has 1 unspecified atom stereocenters. The number of halogens is 4. The minimum atomic E-state index is -4.72. The number of rotatable bonds is 4. The van der Waals surface area contributed by atoms with Crippen LogP contribution in [0.2, 0.25) is 0 Å². The van der Waals surface area contributed by atoms with Crippen LogP contribution in [-0.4, -0.2) is 11.6 Å². The van der Waals surface area contributed by atoms with Gasteiger partial charge in [-0.05, 0) is 35.2 Å². The molecule has 0 aliphatic carbocycles. The van der Waals surface area contributed by atoms with Crippen LogP contribution in [0.25, 0.3) is 0 Å². The van der Waals surface area contributed by atoms with Crippen molar-refractivity contribution in [1.29, 1.82) is 0 Å². The second-order valence-electron chi connectivity index (χ2n) is 4.14. The van der Waals surface area contributed by atoms with Gasteiger partial charge in [-0.15, -0.1) is 13.2 Å². The van der Waals surface area contributed by atoms with Crippen LogP contribution in [-0.2, 0) is 4.79 Å². The van der Waals surface area contributed by atoms with Gasteiger partial charge in [0, 0.05) is 0 Å². The third-order valence-corrected chi connectivity index (χ3v) is 2.62. The summed E-state index contributed by atoms with van der Waals surface area (Å²) in [4.78, 5) is 11.3. The molecule has 0 amide bonds. The molecule has 6 heteroatoms. The largest absolute Gasteiger partial charge is 0.573 e. The fourth-order valence-electron chi connectivity index (χ4n) is 1.65. The summed E-state index contributed by atoms with van der Waals surface area (Å²) in [5.41, 5.74) is 0.569. The average Bonchev–Trinajstić information content (AvgIpc) is 2.17. The lowest BCUT2D eigenvalue weighted by molar-refractivity contribution is -0.274. The molecule has 2 nitrogen and oxygen atoms in total. The van der Waals surface area contributed by atoms with Crippen molar-refractivity contribution < 1.29 is 22.7 Å². The lowest BCUT2D eigenvalue weighted by Gasteiger charge is -2.17. The summed E-state index contributed by atoms with van der Waals surface area (Å²) >= 11 is 5.47. The molecule has 0 spiro atoms. The van der Waals surface area contributed by atoms with E-state index in [1.807, 2.05) is 13.8 Å². The van der Waals surface area contributed by atoms with Crippen molar-refractivity contribution in [2.45, 2.75) is 26.1 Å². The third kappa shape index (κ3) is 4.22. The van der Waals surface area contributed by atoms with Crippen molar-refractivity contribution in [2.75, 3.05) is 0 Å². The van der Waals surface area contributed by atoms with Gasteiger partial charge in [0.05, 0.1) is 5.92 Å². The molecule has 1 aromatic carbocycles. The quantitative estimate of drug-likeness (QED) is 0.777. The molecule has 0 N–H and O–H groups in total. The van der Waals surface area contributed by atoms with E-state index in [1.165, 1.54) is 12.1 Å². The topological polar surface area (TPSA) is 26.3 Å². The highest BCUT2D eigenvalue weighted by atomic mass is 35.5. The third-order valence-electron chi connectivity index (χ3n) is 2.38. The Morgan fingerprint density at radius 3 is 2.06 bits per heavy atom. The molecule has 0 saturated heterocycles. The summed E-state index contributed by atoms with van der Waals surface area (Å²) in [7, 11) is 0. The summed E-state index contributed by atoms with van der Waals surface area (Å²) in [6.45, 7) is 3.62. The van der Waals surface area contributed by atoms with E-state index in [0.29, 0.717) is 5.56 Å². The van der Waals surface area contributed by atoms with E-state index < -0.39 is 17.5 Å². The van der Waals surface area contributed by atoms with E-state index in [-0.39, 0.29) is 11.7 Å². The molecular formula is C12H12ClF3O2. The first-order chi connectivity index (χ1) is 8.20.